The third-order valence-corrected chi connectivity index (χ3v) is 4.86. The van der Waals surface area contributed by atoms with Crippen molar-refractivity contribution in [2.24, 2.45) is 0 Å². The van der Waals surface area contributed by atoms with Gasteiger partial charge in [0, 0.05) is 44.2 Å². The Morgan fingerprint density at radius 3 is 2.86 bits per heavy atom. The van der Waals surface area contributed by atoms with Crippen LogP contribution < -0.4 is 0 Å². The van der Waals surface area contributed by atoms with Crippen LogP contribution in [0.1, 0.15) is 32.1 Å². The Morgan fingerprint density at radius 1 is 1.38 bits per heavy atom. The largest absolute Gasteiger partial charge is 0.340 e. The van der Waals surface area contributed by atoms with Crippen molar-refractivity contribution in [1.29, 1.82) is 0 Å². The summed E-state index contributed by atoms with van der Waals surface area (Å²) in [6, 6.07) is 0.216. The molecule has 21 heavy (non-hydrogen) atoms. The zero-order valence-electron chi connectivity index (χ0n) is 12.4. The smallest absolute Gasteiger partial charge is 0.223 e. The number of hydrogen-bond acceptors (Lipinski definition) is 4. The molecule has 1 saturated heterocycles. The summed E-state index contributed by atoms with van der Waals surface area (Å²) >= 11 is 0. The number of carbonyl (C=O) groups excluding carboxylic acids is 1. The summed E-state index contributed by atoms with van der Waals surface area (Å²) in [4.78, 5) is 18.2. The number of piperidine rings is 1. The number of nitrogens with zero attached hydrogens (tertiary/aromatic N) is 3. The summed E-state index contributed by atoms with van der Waals surface area (Å²) in [7, 11) is -3.08. The molecule has 1 aliphatic heterocycles. The van der Waals surface area contributed by atoms with E-state index in [9.17, 15) is 13.2 Å². The van der Waals surface area contributed by atoms with E-state index in [0.717, 1.165) is 38.8 Å². The van der Waals surface area contributed by atoms with Crippen molar-refractivity contribution < 1.29 is 13.2 Å². The van der Waals surface area contributed by atoms with Gasteiger partial charge in [-0.1, -0.05) is 0 Å². The predicted molar refractivity (Wildman–Crippen MR) is 80.5 cm³/mol. The number of likely N-dealkylation sites (tertiary alicyclic amines) is 1. The molecule has 0 saturated carbocycles. The van der Waals surface area contributed by atoms with E-state index in [-0.39, 0.29) is 24.1 Å². The monoisotopic (exact) mass is 313 g/mol. The van der Waals surface area contributed by atoms with E-state index in [4.69, 9.17) is 0 Å². The molecule has 0 aliphatic carbocycles. The van der Waals surface area contributed by atoms with Crippen LogP contribution in [0.2, 0.25) is 0 Å². The minimum absolute atomic E-state index is 0.0317. The van der Waals surface area contributed by atoms with Crippen molar-refractivity contribution in [1.82, 2.24) is 14.5 Å². The first kappa shape index (κ1) is 16.0. The third kappa shape index (κ3) is 5.15. The summed E-state index contributed by atoms with van der Waals surface area (Å²) in [6.07, 6.45) is 10.7. The highest BCUT2D eigenvalue weighted by atomic mass is 32.2. The molecule has 0 bridgehead atoms. The van der Waals surface area contributed by atoms with Crippen molar-refractivity contribution in [3.63, 3.8) is 0 Å². The lowest BCUT2D eigenvalue weighted by Gasteiger charge is -2.36. The lowest BCUT2D eigenvalue weighted by Crippen LogP contribution is -2.44. The quantitative estimate of drug-likeness (QED) is 0.788. The van der Waals surface area contributed by atoms with Crippen LogP contribution in [0.4, 0.5) is 0 Å². The Kier molecular flexibility index (Phi) is 5.39. The molecule has 1 atom stereocenters. The van der Waals surface area contributed by atoms with Crippen molar-refractivity contribution >= 4 is 15.7 Å². The molecule has 118 valence electrons. The predicted octanol–water partition coefficient (Wildman–Crippen LogP) is 1.09. The number of hydrogen-bond donors (Lipinski definition) is 0. The van der Waals surface area contributed by atoms with Crippen LogP contribution in [0, 0.1) is 0 Å². The first-order valence-electron chi connectivity index (χ1n) is 7.38. The van der Waals surface area contributed by atoms with Gasteiger partial charge in [0.1, 0.15) is 9.84 Å². The first-order chi connectivity index (χ1) is 9.96. The molecule has 2 heterocycles. The summed E-state index contributed by atoms with van der Waals surface area (Å²) < 4.78 is 24.4. The SMILES string of the molecule is CS(=O)(=O)CCC(=O)N1CCCCC1CCn1ccnc1. The zero-order valence-corrected chi connectivity index (χ0v) is 13.3. The van der Waals surface area contributed by atoms with Crippen molar-refractivity contribution in [2.75, 3.05) is 18.6 Å². The molecule has 6 nitrogen and oxygen atoms in total. The second kappa shape index (κ2) is 7.06. The Morgan fingerprint density at radius 2 is 2.19 bits per heavy atom. The fourth-order valence-electron chi connectivity index (χ4n) is 2.76. The van der Waals surface area contributed by atoms with E-state index >= 15 is 0 Å². The fraction of sp³-hybridized carbons (Fsp3) is 0.714. The molecule has 1 amide bonds. The van der Waals surface area contributed by atoms with Gasteiger partial charge < -0.3 is 9.47 Å². The van der Waals surface area contributed by atoms with Gasteiger partial charge in [-0.2, -0.15) is 0 Å². The van der Waals surface area contributed by atoms with Crippen LogP contribution in [-0.2, 0) is 21.2 Å². The molecule has 0 N–H and O–H groups in total. The number of carbonyl (C=O) groups is 1. The fourth-order valence-corrected chi connectivity index (χ4v) is 3.31. The Hall–Kier alpha value is -1.37. The van der Waals surface area contributed by atoms with Crippen molar-refractivity contribution in [3.05, 3.63) is 18.7 Å². The van der Waals surface area contributed by atoms with Gasteiger partial charge in [-0.15, -0.1) is 0 Å². The Bertz CT molecular complexity index is 554. The van der Waals surface area contributed by atoms with Gasteiger partial charge in [0.15, 0.2) is 0 Å². The van der Waals surface area contributed by atoms with Crippen molar-refractivity contribution in [3.8, 4) is 0 Å². The minimum atomic E-state index is -3.08. The van der Waals surface area contributed by atoms with E-state index in [1.165, 1.54) is 6.26 Å². The van der Waals surface area contributed by atoms with Crippen LogP contribution in [-0.4, -0.2) is 53.4 Å². The van der Waals surface area contributed by atoms with E-state index in [1.807, 2.05) is 15.7 Å². The second-order valence-corrected chi connectivity index (χ2v) is 7.97. The highest BCUT2D eigenvalue weighted by molar-refractivity contribution is 7.90. The number of sulfone groups is 1. The average molecular weight is 313 g/mol. The summed E-state index contributed by atoms with van der Waals surface area (Å²) in [5.74, 6) is -0.0907. The van der Waals surface area contributed by atoms with Gasteiger partial charge >= 0.3 is 0 Å². The number of amides is 1. The number of aromatic nitrogens is 2. The molecule has 7 heteroatoms. The van der Waals surface area contributed by atoms with E-state index in [1.54, 1.807) is 12.5 Å². The minimum Gasteiger partial charge on any atom is -0.340 e. The van der Waals surface area contributed by atoms with E-state index in [0.29, 0.717) is 0 Å². The standard InChI is InChI=1S/C14H23N3O3S/c1-21(19,20)11-6-14(18)17-8-3-2-4-13(17)5-9-16-10-7-15-12-16/h7,10,12-13H,2-6,8-9,11H2,1H3. The molecule has 1 fully saturated rings. The van der Waals surface area contributed by atoms with Gasteiger partial charge in [0.25, 0.3) is 0 Å². The van der Waals surface area contributed by atoms with Gasteiger partial charge in [0.2, 0.25) is 5.91 Å². The highest BCUT2D eigenvalue weighted by Gasteiger charge is 2.26. The van der Waals surface area contributed by atoms with Gasteiger partial charge in [-0.3, -0.25) is 4.79 Å². The molecule has 1 aromatic rings. The van der Waals surface area contributed by atoms with Gasteiger partial charge in [-0.25, -0.2) is 13.4 Å². The molecular formula is C14H23N3O3S. The van der Waals surface area contributed by atoms with Crippen molar-refractivity contribution in [2.45, 2.75) is 44.7 Å². The van der Waals surface area contributed by atoms with Gasteiger partial charge in [0.05, 0.1) is 12.1 Å². The molecule has 0 aromatic carbocycles. The lowest BCUT2D eigenvalue weighted by atomic mass is 9.99. The third-order valence-electron chi connectivity index (χ3n) is 3.91. The van der Waals surface area contributed by atoms with Gasteiger partial charge in [-0.05, 0) is 25.7 Å². The van der Waals surface area contributed by atoms with E-state index in [2.05, 4.69) is 4.98 Å². The second-order valence-electron chi connectivity index (χ2n) is 5.71. The summed E-state index contributed by atoms with van der Waals surface area (Å²) in [5, 5.41) is 0. The van der Waals surface area contributed by atoms with Crippen LogP contribution in [0.3, 0.4) is 0 Å². The van der Waals surface area contributed by atoms with Crippen LogP contribution >= 0.6 is 0 Å². The number of rotatable bonds is 6. The maximum absolute atomic E-state index is 12.3. The lowest BCUT2D eigenvalue weighted by molar-refractivity contribution is -0.134. The first-order valence-corrected chi connectivity index (χ1v) is 9.45. The zero-order chi connectivity index (χ0) is 15.3. The maximum Gasteiger partial charge on any atom is 0.223 e. The molecule has 0 spiro atoms. The van der Waals surface area contributed by atoms with E-state index < -0.39 is 9.84 Å². The van der Waals surface area contributed by atoms with Crippen LogP contribution in [0.15, 0.2) is 18.7 Å². The molecule has 1 unspecified atom stereocenters. The summed E-state index contributed by atoms with van der Waals surface area (Å²) in [5.41, 5.74) is 0. The average Bonchev–Trinajstić information content (AvgIpc) is 2.95. The maximum atomic E-state index is 12.3. The number of imidazole rings is 1. The van der Waals surface area contributed by atoms with Crippen LogP contribution in [0.5, 0.6) is 0 Å². The number of aryl methyl sites for hydroxylation is 1. The molecule has 2 rings (SSSR count). The normalized spacial score (nSPS) is 19.7. The molecular weight excluding hydrogens is 290 g/mol. The van der Waals surface area contributed by atoms with Crippen LogP contribution in [0.25, 0.3) is 0 Å². The Balaban J connectivity index is 1.90. The Labute approximate surface area is 126 Å². The molecule has 1 aliphatic rings. The molecule has 1 aromatic heterocycles. The summed E-state index contributed by atoms with van der Waals surface area (Å²) in [6.45, 7) is 1.58. The highest BCUT2D eigenvalue weighted by Crippen LogP contribution is 2.21. The topological polar surface area (TPSA) is 72.3 Å². The molecule has 0 radical (unpaired) electrons.